The van der Waals surface area contributed by atoms with Crippen molar-refractivity contribution in [3.63, 3.8) is 0 Å². The Balaban J connectivity index is 0.000000454. The summed E-state index contributed by atoms with van der Waals surface area (Å²) in [6, 6.07) is 19.7. The number of aliphatic carboxylic acids is 2. The van der Waals surface area contributed by atoms with Crippen LogP contribution in [0, 0.1) is 0 Å². The molecule has 2 aromatic carbocycles. The molecule has 2 heterocycles. The third-order valence-electron chi connectivity index (χ3n) is 4.57. The van der Waals surface area contributed by atoms with Crippen LogP contribution in [0.15, 0.2) is 73.2 Å². The van der Waals surface area contributed by atoms with Crippen molar-refractivity contribution in [3.8, 4) is 11.6 Å². The van der Waals surface area contributed by atoms with E-state index in [9.17, 15) is 0 Å². The summed E-state index contributed by atoms with van der Waals surface area (Å²) < 4.78 is 13.1. The Morgan fingerprint density at radius 3 is 2.27 bits per heavy atom. The van der Waals surface area contributed by atoms with Gasteiger partial charge in [0.2, 0.25) is 0 Å². The average molecular weight is 447 g/mol. The molecule has 0 atom stereocenters. The van der Waals surface area contributed by atoms with Crippen molar-refractivity contribution in [1.29, 1.82) is 0 Å². The molecule has 0 aliphatic rings. The van der Waals surface area contributed by atoms with E-state index in [0.717, 1.165) is 39.5 Å². The van der Waals surface area contributed by atoms with Gasteiger partial charge in [0.25, 0.3) is 0 Å². The summed E-state index contributed by atoms with van der Waals surface area (Å²) in [5.41, 5.74) is 3.67. The van der Waals surface area contributed by atoms with Crippen LogP contribution in [0.3, 0.4) is 0 Å². The van der Waals surface area contributed by atoms with Crippen LogP contribution in [0.5, 0.6) is 5.75 Å². The highest BCUT2D eigenvalue weighted by Crippen LogP contribution is 2.29. The van der Waals surface area contributed by atoms with Crippen LogP contribution in [0.25, 0.3) is 28.7 Å². The number of carboxylic acid groups (broad SMARTS) is 2. The predicted molar refractivity (Wildman–Crippen MR) is 122 cm³/mol. The number of pyridine rings is 1. The second kappa shape index (κ2) is 10.6. The van der Waals surface area contributed by atoms with Gasteiger partial charge in [0, 0.05) is 17.3 Å². The number of benzene rings is 2. The number of fused-ring (bicyclic) bond motifs is 1. The number of carbonyl (C=O) groups is 2. The van der Waals surface area contributed by atoms with Crippen LogP contribution in [0.1, 0.15) is 11.1 Å². The minimum Gasteiger partial charge on any atom is -0.496 e. The van der Waals surface area contributed by atoms with Crippen molar-refractivity contribution >= 4 is 34.8 Å². The number of imidazole rings is 1. The van der Waals surface area contributed by atoms with E-state index in [1.807, 2.05) is 71.3 Å². The molecule has 0 aliphatic carbocycles. The quantitative estimate of drug-likeness (QED) is 0.269. The maximum atomic E-state index is 9.10. The summed E-state index contributed by atoms with van der Waals surface area (Å²) in [7, 11) is 3.32. The second-order valence-electron chi connectivity index (χ2n) is 6.54. The number of aromatic nitrogens is 3. The Labute approximate surface area is 189 Å². The van der Waals surface area contributed by atoms with Crippen LogP contribution in [0.2, 0.25) is 0 Å². The lowest BCUT2D eigenvalue weighted by atomic mass is 10.1. The molecule has 2 N–H and O–H groups in total. The molecule has 4 rings (SSSR count). The van der Waals surface area contributed by atoms with E-state index in [-0.39, 0.29) is 0 Å². The van der Waals surface area contributed by atoms with Gasteiger partial charge in [-0.1, -0.05) is 30.3 Å². The summed E-state index contributed by atoms with van der Waals surface area (Å²) in [5.74, 6) is -1.32. The zero-order valence-corrected chi connectivity index (χ0v) is 17.9. The maximum absolute atomic E-state index is 9.10. The largest absolute Gasteiger partial charge is 0.496 e. The summed E-state index contributed by atoms with van der Waals surface area (Å²) in [5, 5.41) is 14.8. The van der Waals surface area contributed by atoms with Gasteiger partial charge in [-0.05, 0) is 36.4 Å². The Morgan fingerprint density at radius 2 is 1.64 bits per heavy atom. The Hall–Kier alpha value is -4.66. The zero-order valence-electron chi connectivity index (χ0n) is 17.9. The van der Waals surface area contributed by atoms with Gasteiger partial charge in [-0.25, -0.2) is 19.6 Å². The number of para-hydroxylation sites is 2. The van der Waals surface area contributed by atoms with E-state index in [4.69, 9.17) is 29.3 Å². The number of rotatable bonds is 5. The molecule has 33 heavy (non-hydrogen) atoms. The molecule has 168 valence electrons. The standard InChI is InChI=1S/C22H19N3O2.C2H2O4/c1-26-19-11-4-3-8-16(19)14-20(27-2)17-9-7-10-18-22(17)24-15-25(18)21-12-5-6-13-23-21;3-1(4)2(5)6/h3-15H,1-2H3;(H,3,4)(H,5,6). The monoisotopic (exact) mass is 447 g/mol. The Bertz CT molecular complexity index is 1290. The van der Waals surface area contributed by atoms with Gasteiger partial charge in [0.15, 0.2) is 0 Å². The molecule has 0 saturated carbocycles. The molecule has 0 spiro atoms. The maximum Gasteiger partial charge on any atom is 0.414 e. The predicted octanol–water partition coefficient (Wildman–Crippen LogP) is 3.73. The Morgan fingerprint density at radius 1 is 0.909 bits per heavy atom. The molecule has 0 radical (unpaired) electrons. The summed E-state index contributed by atoms with van der Waals surface area (Å²) in [6.07, 6.45) is 5.52. The third kappa shape index (κ3) is 5.34. The highest BCUT2D eigenvalue weighted by atomic mass is 16.5. The van der Waals surface area contributed by atoms with Gasteiger partial charge in [-0.2, -0.15) is 0 Å². The number of hydrogen-bond acceptors (Lipinski definition) is 6. The van der Waals surface area contributed by atoms with Crippen LogP contribution >= 0.6 is 0 Å². The third-order valence-corrected chi connectivity index (χ3v) is 4.57. The van der Waals surface area contributed by atoms with Crippen molar-refractivity contribution < 1.29 is 29.3 Å². The molecule has 4 aromatic rings. The van der Waals surface area contributed by atoms with Gasteiger partial charge in [0.1, 0.15) is 23.7 Å². The van der Waals surface area contributed by atoms with E-state index < -0.39 is 11.9 Å². The molecule has 9 nitrogen and oxygen atoms in total. The molecule has 0 unspecified atom stereocenters. The molecule has 2 aromatic heterocycles. The first-order chi connectivity index (χ1) is 16.0. The van der Waals surface area contributed by atoms with E-state index in [0.29, 0.717) is 0 Å². The summed E-state index contributed by atoms with van der Waals surface area (Å²) in [4.78, 5) is 27.2. The normalized spacial score (nSPS) is 10.8. The van der Waals surface area contributed by atoms with Gasteiger partial charge in [0.05, 0.1) is 25.3 Å². The number of carboxylic acids is 2. The van der Waals surface area contributed by atoms with E-state index >= 15 is 0 Å². The average Bonchev–Trinajstić information content (AvgIpc) is 3.28. The minimum atomic E-state index is -1.82. The highest BCUT2D eigenvalue weighted by molar-refractivity contribution is 6.27. The van der Waals surface area contributed by atoms with Crippen molar-refractivity contribution in [3.05, 3.63) is 84.3 Å². The topological polar surface area (TPSA) is 124 Å². The molecule has 0 amide bonds. The summed E-state index contributed by atoms with van der Waals surface area (Å²) in [6.45, 7) is 0. The Kier molecular flexibility index (Phi) is 7.38. The molecule has 9 heteroatoms. The number of ether oxygens (including phenoxy) is 2. The van der Waals surface area contributed by atoms with Crippen molar-refractivity contribution in [1.82, 2.24) is 14.5 Å². The van der Waals surface area contributed by atoms with E-state index in [1.165, 1.54) is 0 Å². The second-order valence-corrected chi connectivity index (χ2v) is 6.54. The summed E-state index contributed by atoms with van der Waals surface area (Å²) >= 11 is 0. The van der Waals surface area contributed by atoms with E-state index in [1.54, 1.807) is 26.7 Å². The smallest absolute Gasteiger partial charge is 0.414 e. The molecule has 0 saturated heterocycles. The van der Waals surface area contributed by atoms with Crippen molar-refractivity contribution in [2.75, 3.05) is 14.2 Å². The molecule has 0 aliphatic heterocycles. The zero-order chi connectivity index (χ0) is 23.8. The van der Waals surface area contributed by atoms with Gasteiger partial charge >= 0.3 is 11.9 Å². The minimum absolute atomic E-state index is 0.719. The highest BCUT2D eigenvalue weighted by Gasteiger charge is 2.13. The lowest BCUT2D eigenvalue weighted by molar-refractivity contribution is -0.159. The SMILES string of the molecule is COC(=Cc1ccccc1OC)c1cccc2c1ncn2-c1ccccn1.O=C(O)C(=O)O. The van der Waals surface area contributed by atoms with Gasteiger partial charge < -0.3 is 19.7 Å². The first-order valence-electron chi connectivity index (χ1n) is 9.69. The first kappa shape index (κ1) is 23.0. The van der Waals surface area contributed by atoms with Crippen molar-refractivity contribution in [2.24, 2.45) is 0 Å². The van der Waals surface area contributed by atoms with Crippen LogP contribution in [-0.2, 0) is 14.3 Å². The van der Waals surface area contributed by atoms with Crippen LogP contribution in [0.4, 0.5) is 0 Å². The van der Waals surface area contributed by atoms with Crippen LogP contribution in [-0.4, -0.2) is 50.9 Å². The molecular formula is C24H21N3O6. The van der Waals surface area contributed by atoms with Gasteiger partial charge in [-0.15, -0.1) is 0 Å². The van der Waals surface area contributed by atoms with Crippen LogP contribution < -0.4 is 4.74 Å². The van der Waals surface area contributed by atoms with Gasteiger partial charge in [-0.3, -0.25) is 4.57 Å². The van der Waals surface area contributed by atoms with Crippen molar-refractivity contribution in [2.45, 2.75) is 0 Å². The number of hydrogen-bond donors (Lipinski definition) is 2. The first-order valence-corrected chi connectivity index (χ1v) is 9.69. The molecule has 0 fully saturated rings. The number of nitrogens with zero attached hydrogens (tertiary/aromatic N) is 3. The lowest BCUT2D eigenvalue weighted by Gasteiger charge is -2.10. The number of methoxy groups -OCH3 is 2. The lowest BCUT2D eigenvalue weighted by Crippen LogP contribution is -2.09. The fourth-order valence-electron chi connectivity index (χ4n) is 3.09. The molecule has 0 bridgehead atoms. The fraction of sp³-hybridized carbons (Fsp3) is 0.0833. The van der Waals surface area contributed by atoms with E-state index in [2.05, 4.69) is 9.97 Å². The molecular weight excluding hydrogens is 426 g/mol. The fourth-order valence-corrected chi connectivity index (χ4v) is 3.09.